The zero-order chi connectivity index (χ0) is 15.1. The molecule has 0 atom stereocenters. The molecule has 0 aliphatic rings. The number of amidine groups is 1. The lowest BCUT2D eigenvalue weighted by atomic mass is 10.2. The number of non-ortho nitro benzene ring substituents is 1. The molecule has 0 saturated heterocycles. The summed E-state index contributed by atoms with van der Waals surface area (Å²) in [5, 5.41) is 13.7. The molecule has 1 rings (SSSR count). The highest BCUT2D eigenvalue weighted by molar-refractivity contribution is 5.74. The molecule has 0 aliphatic carbocycles. The number of rotatable bonds is 5. The van der Waals surface area contributed by atoms with Gasteiger partial charge >= 0.3 is 0 Å². The molecule has 0 heterocycles. The molecule has 0 amide bonds. The van der Waals surface area contributed by atoms with Crippen LogP contribution in [0.15, 0.2) is 29.3 Å². The van der Waals surface area contributed by atoms with Crippen LogP contribution in [0, 0.1) is 10.1 Å². The summed E-state index contributed by atoms with van der Waals surface area (Å²) in [5.41, 5.74) is 0.975. The summed E-state index contributed by atoms with van der Waals surface area (Å²) in [6.07, 6.45) is 0.0388. The molecule has 0 bridgehead atoms. The van der Waals surface area contributed by atoms with E-state index in [0.29, 0.717) is 12.6 Å². The minimum absolute atomic E-state index is 0.0388. The summed E-state index contributed by atoms with van der Waals surface area (Å²) in [5.74, 6) is 0. The fourth-order valence-corrected chi connectivity index (χ4v) is 1.47. The number of ether oxygens (including phenoxy) is 1. The second-order valence-corrected chi connectivity index (χ2v) is 5.01. The topological polar surface area (TPSA) is 76.8 Å². The summed E-state index contributed by atoms with van der Waals surface area (Å²) >= 11 is 0. The average Bonchev–Trinajstić information content (AvgIpc) is 2.35. The van der Waals surface area contributed by atoms with Crippen LogP contribution < -0.4 is 5.32 Å². The van der Waals surface area contributed by atoms with Crippen molar-refractivity contribution in [2.75, 3.05) is 0 Å². The van der Waals surface area contributed by atoms with E-state index in [1.807, 2.05) is 27.7 Å². The normalized spacial score (nSPS) is 11.8. The Morgan fingerprint density at radius 1 is 1.30 bits per heavy atom. The molecule has 0 radical (unpaired) electrons. The Morgan fingerprint density at radius 2 is 1.90 bits per heavy atom. The van der Waals surface area contributed by atoms with Crippen LogP contribution in [0.1, 0.15) is 33.3 Å². The first-order valence-electron chi connectivity index (χ1n) is 6.59. The highest BCUT2D eigenvalue weighted by Crippen LogP contribution is 2.12. The van der Waals surface area contributed by atoms with Crippen LogP contribution >= 0.6 is 0 Å². The second-order valence-electron chi connectivity index (χ2n) is 5.01. The zero-order valence-electron chi connectivity index (χ0n) is 12.3. The van der Waals surface area contributed by atoms with E-state index in [1.165, 1.54) is 12.1 Å². The van der Waals surface area contributed by atoms with Gasteiger partial charge in [-0.2, -0.15) is 0 Å². The van der Waals surface area contributed by atoms with Crippen molar-refractivity contribution in [1.29, 1.82) is 0 Å². The maximum atomic E-state index is 10.6. The number of aliphatic imine (C=N–C) groups is 1. The highest BCUT2D eigenvalue weighted by Gasteiger charge is 2.06. The summed E-state index contributed by atoms with van der Waals surface area (Å²) in [4.78, 5) is 14.5. The molecule has 6 nitrogen and oxygen atoms in total. The van der Waals surface area contributed by atoms with E-state index < -0.39 is 4.92 Å². The third-order valence-electron chi connectivity index (χ3n) is 2.31. The molecule has 0 aromatic heterocycles. The van der Waals surface area contributed by atoms with Crippen molar-refractivity contribution in [1.82, 2.24) is 5.32 Å². The SMILES string of the molecule is CC(C)NC(=NCc1ccc([N+](=O)[O-])cc1)OC(C)C. The van der Waals surface area contributed by atoms with Gasteiger partial charge in [0.1, 0.15) is 0 Å². The minimum atomic E-state index is -0.416. The van der Waals surface area contributed by atoms with Crippen LogP contribution in [0.4, 0.5) is 5.69 Å². The molecule has 0 aliphatic heterocycles. The maximum absolute atomic E-state index is 10.6. The van der Waals surface area contributed by atoms with Crippen LogP contribution in [0.2, 0.25) is 0 Å². The first-order chi connectivity index (χ1) is 9.38. The molecule has 20 heavy (non-hydrogen) atoms. The molecule has 1 N–H and O–H groups in total. The van der Waals surface area contributed by atoms with Crippen LogP contribution in [-0.4, -0.2) is 23.1 Å². The Hall–Kier alpha value is -2.11. The summed E-state index contributed by atoms with van der Waals surface area (Å²) in [6.45, 7) is 8.29. The van der Waals surface area contributed by atoms with Gasteiger partial charge in [0, 0.05) is 18.2 Å². The minimum Gasteiger partial charge on any atom is -0.463 e. The van der Waals surface area contributed by atoms with E-state index in [2.05, 4.69) is 10.3 Å². The highest BCUT2D eigenvalue weighted by atomic mass is 16.6. The number of hydrogen-bond donors (Lipinski definition) is 1. The summed E-state index contributed by atoms with van der Waals surface area (Å²) in [6, 6.07) is 7.07. The van der Waals surface area contributed by atoms with Gasteiger partial charge in [-0.15, -0.1) is 0 Å². The fourth-order valence-electron chi connectivity index (χ4n) is 1.47. The van der Waals surface area contributed by atoms with Crippen molar-refractivity contribution in [3.05, 3.63) is 39.9 Å². The van der Waals surface area contributed by atoms with Crippen LogP contribution in [0.3, 0.4) is 0 Å². The van der Waals surface area contributed by atoms with Gasteiger partial charge in [0.15, 0.2) is 0 Å². The third kappa shape index (κ3) is 5.69. The molecule has 0 fully saturated rings. The standard InChI is InChI=1S/C14H21N3O3/c1-10(2)16-14(20-11(3)4)15-9-12-5-7-13(8-6-12)17(18)19/h5-8,10-11H,9H2,1-4H3,(H,15,16). The van der Waals surface area contributed by atoms with Crippen molar-refractivity contribution in [2.24, 2.45) is 4.99 Å². The Bertz CT molecular complexity index is 455. The van der Waals surface area contributed by atoms with Crippen molar-refractivity contribution in [3.8, 4) is 0 Å². The lowest BCUT2D eigenvalue weighted by Crippen LogP contribution is -2.34. The number of hydrogen-bond acceptors (Lipinski definition) is 4. The molecule has 0 unspecified atom stereocenters. The van der Waals surface area contributed by atoms with Gasteiger partial charge in [0.2, 0.25) is 0 Å². The molecule has 0 saturated carbocycles. The average molecular weight is 279 g/mol. The quantitative estimate of drug-likeness (QED) is 0.389. The predicted molar refractivity (Wildman–Crippen MR) is 78.7 cm³/mol. The van der Waals surface area contributed by atoms with Crippen molar-refractivity contribution >= 4 is 11.7 Å². The van der Waals surface area contributed by atoms with Crippen molar-refractivity contribution < 1.29 is 9.66 Å². The smallest absolute Gasteiger partial charge is 0.285 e. The third-order valence-corrected chi connectivity index (χ3v) is 2.31. The van der Waals surface area contributed by atoms with Gasteiger partial charge < -0.3 is 10.1 Å². The number of nitrogens with one attached hydrogen (secondary N) is 1. The van der Waals surface area contributed by atoms with E-state index in [-0.39, 0.29) is 17.8 Å². The van der Waals surface area contributed by atoms with Gasteiger partial charge in [0.25, 0.3) is 11.7 Å². The van der Waals surface area contributed by atoms with Crippen LogP contribution in [0.5, 0.6) is 0 Å². The largest absolute Gasteiger partial charge is 0.463 e. The van der Waals surface area contributed by atoms with Gasteiger partial charge in [-0.05, 0) is 33.3 Å². The Labute approximate surface area is 119 Å². The van der Waals surface area contributed by atoms with E-state index in [9.17, 15) is 10.1 Å². The van der Waals surface area contributed by atoms with Gasteiger partial charge in [-0.25, -0.2) is 4.99 Å². The van der Waals surface area contributed by atoms with E-state index >= 15 is 0 Å². The Morgan fingerprint density at radius 3 is 2.35 bits per heavy atom. The number of benzene rings is 1. The number of nitrogens with zero attached hydrogens (tertiary/aromatic N) is 2. The van der Waals surface area contributed by atoms with Crippen LogP contribution in [-0.2, 0) is 11.3 Å². The van der Waals surface area contributed by atoms with E-state index in [0.717, 1.165) is 5.56 Å². The molecule has 0 spiro atoms. The lowest BCUT2D eigenvalue weighted by Gasteiger charge is -2.16. The molecular formula is C14H21N3O3. The number of nitro benzene ring substituents is 1. The maximum Gasteiger partial charge on any atom is 0.285 e. The summed E-state index contributed by atoms with van der Waals surface area (Å²) < 4.78 is 5.58. The first kappa shape index (κ1) is 15.9. The zero-order valence-corrected chi connectivity index (χ0v) is 12.3. The lowest BCUT2D eigenvalue weighted by molar-refractivity contribution is -0.384. The fraction of sp³-hybridized carbons (Fsp3) is 0.500. The summed E-state index contributed by atoms with van der Waals surface area (Å²) in [7, 11) is 0. The Kier molecular flexibility index (Phi) is 5.96. The van der Waals surface area contributed by atoms with E-state index in [1.54, 1.807) is 12.1 Å². The van der Waals surface area contributed by atoms with Gasteiger partial charge in [-0.3, -0.25) is 10.1 Å². The van der Waals surface area contributed by atoms with Gasteiger partial charge in [-0.1, -0.05) is 12.1 Å². The van der Waals surface area contributed by atoms with Gasteiger partial charge in [0.05, 0.1) is 17.6 Å². The molecule has 1 aromatic rings. The second kappa shape index (κ2) is 7.47. The monoisotopic (exact) mass is 279 g/mol. The molecule has 6 heteroatoms. The Balaban J connectivity index is 2.72. The predicted octanol–water partition coefficient (Wildman–Crippen LogP) is 2.87. The first-order valence-corrected chi connectivity index (χ1v) is 6.59. The van der Waals surface area contributed by atoms with Crippen molar-refractivity contribution in [3.63, 3.8) is 0 Å². The molecule has 110 valence electrons. The van der Waals surface area contributed by atoms with Crippen molar-refractivity contribution in [2.45, 2.75) is 46.4 Å². The van der Waals surface area contributed by atoms with E-state index in [4.69, 9.17) is 4.74 Å². The molecule has 1 aromatic carbocycles. The molecular weight excluding hydrogens is 258 g/mol. The van der Waals surface area contributed by atoms with Crippen LogP contribution in [0.25, 0.3) is 0 Å². The number of nitro groups is 1.